The van der Waals surface area contributed by atoms with Crippen LogP contribution >= 0.6 is 0 Å². The average Bonchev–Trinajstić information content (AvgIpc) is 3.96. The number of rotatable bonds is 14. The molecule has 2 heterocycles. The summed E-state index contributed by atoms with van der Waals surface area (Å²) in [4.78, 5) is 75.9. The first-order valence-corrected chi connectivity index (χ1v) is 23.7. The van der Waals surface area contributed by atoms with E-state index in [2.05, 4.69) is 18.6 Å². The van der Waals surface area contributed by atoms with Crippen LogP contribution in [0.1, 0.15) is 144 Å². The Kier molecular flexibility index (Phi) is 10.2. The molecular weight excluding hydrogens is 731 g/mol. The van der Waals surface area contributed by atoms with Gasteiger partial charge in [-0.2, -0.15) is 0 Å². The van der Waals surface area contributed by atoms with Crippen LogP contribution in [0.5, 0.6) is 0 Å². The lowest BCUT2D eigenvalue weighted by atomic mass is 9.73. The molecule has 0 aromatic heterocycles. The second kappa shape index (κ2) is 14.1. The van der Waals surface area contributed by atoms with Gasteiger partial charge in [-0.15, -0.1) is 0 Å². The van der Waals surface area contributed by atoms with Crippen LogP contribution < -0.4 is 4.72 Å². The van der Waals surface area contributed by atoms with Crippen molar-refractivity contribution in [1.29, 1.82) is 0 Å². The van der Waals surface area contributed by atoms with Crippen molar-refractivity contribution < 1.29 is 37.1 Å². The summed E-state index contributed by atoms with van der Waals surface area (Å²) in [5.74, 6) is -1.56. The summed E-state index contributed by atoms with van der Waals surface area (Å²) in [5.41, 5.74) is -1.86. The summed E-state index contributed by atoms with van der Waals surface area (Å²) in [6.45, 7) is 13.0. The van der Waals surface area contributed by atoms with E-state index in [-0.39, 0.29) is 70.7 Å². The summed E-state index contributed by atoms with van der Waals surface area (Å²) in [7, 11) is -3.78. The molecule has 0 unspecified atom stereocenters. The van der Waals surface area contributed by atoms with Crippen LogP contribution in [-0.2, 0) is 38.7 Å². The van der Waals surface area contributed by atoms with Crippen LogP contribution in [0.4, 0.5) is 0 Å². The number of ketones is 2. The third kappa shape index (κ3) is 6.80. The van der Waals surface area contributed by atoms with E-state index in [1.54, 1.807) is 4.90 Å². The van der Waals surface area contributed by atoms with Crippen molar-refractivity contribution in [2.75, 3.05) is 32.8 Å². The molecule has 2 aliphatic heterocycles. The second-order valence-electron chi connectivity index (χ2n) is 21.3. The standard InChI is InChI=1S/C44H67N3O8S/c1-40(2,3)33(23-30(48)22-32(28-10-7-6-8-11-28)37(50)46-18-20-55-21-19-46)38(51)47-27-44(41(4,5)43(44)16-9-17-43)25-35(47)36(49)26-42(24-34(42)29-12-13-29)39(52)45-56(53,54)31-14-15-31/h28-29,31-35H,6-27H2,1-5H3,(H,45,52)/t32-,33+,34-,35-,42+,44+/m0/s1. The Hall–Kier alpha value is -2.34. The lowest BCUT2D eigenvalue weighted by Gasteiger charge is -2.37. The molecule has 312 valence electrons. The van der Waals surface area contributed by atoms with Crippen LogP contribution in [0.15, 0.2) is 0 Å². The van der Waals surface area contributed by atoms with Gasteiger partial charge < -0.3 is 14.5 Å². The molecule has 8 rings (SSSR count). The van der Waals surface area contributed by atoms with Gasteiger partial charge >= 0.3 is 0 Å². The first kappa shape index (κ1) is 40.4. The van der Waals surface area contributed by atoms with Gasteiger partial charge in [0.15, 0.2) is 5.78 Å². The lowest BCUT2D eigenvalue weighted by Crippen LogP contribution is -2.49. The zero-order valence-corrected chi connectivity index (χ0v) is 35.5. The highest BCUT2D eigenvalue weighted by Crippen LogP contribution is 2.88. The van der Waals surface area contributed by atoms with Gasteiger partial charge in [-0.05, 0) is 98.2 Å². The Balaban J connectivity index is 1.04. The van der Waals surface area contributed by atoms with Gasteiger partial charge in [0.1, 0.15) is 5.78 Å². The monoisotopic (exact) mass is 797 g/mol. The molecule has 2 saturated heterocycles. The Morgan fingerprint density at radius 3 is 2.04 bits per heavy atom. The lowest BCUT2D eigenvalue weighted by molar-refractivity contribution is -0.147. The number of ether oxygens (including phenoxy) is 1. The summed E-state index contributed by atoms with van der Waals surface area (Å²) in [5, 5.41) is -0.539. The highest BCUT2D eigenvalue weighted by atomic mass is 32.2. The van der Waals surface area contributed by atoms with Crippen LogP contribution in [0, 0.1) is 56.7 Å². The minimum absolute atomic E-state index is 0.00993. The van der Waals surface area contributed by atoms with Crippen LogP contribution in [-0.4, -0.2) is 91.6 Å². The van der Waals surface area contributed by atoms with Gasteiger partial charge in [0.05, 0.1) is 29.9 Å². The van der Waals surface area contributed by atoms with Crippen molar-refractivity contribution in [1.82, 2.24) is 14.5 Å². The zero-order valence-electron chi connectivity index (χ0n) is 34.7. The molecule has 11 nitrogen and oxygen atoms in total. The van der Waals surface area contributed by atoms with Crippen molar-refractivity contribution in [2.45, 2.75) is 155 Å². The first-order chi connectivity index (χ1) is 26.4. The molecule has 3 amide bonds. The molecule has 0 aromatic carbocycles. The maximum absolute atomic E-state index is 15.2. The third-order valence-corrected chi connectivity index (χ3v) is 18.8. The summed E-state index contributed by atoms with van der Waals surface area (Å²) < 4.78 is 33.8. The van der Waals surface area contributed by atoms with Crippen LogP contribution in [0.25, 0.3) is 0 Å². The van der Waals surface area contributed by atoms with E-state index in [0.29, 0.717) is 64.4 Å². The molecule has 0 bridgehead atoms. The number of Topliss-reactive ketones (excluding diaryl/α,β-unsaturated/α-hetero) is 2. The van der Waals surface area contributed by atoms with E-state index in [1.807, 2.05) is 25.7 Å². The molecule has 8 aliphatic rings. The summed E-state index contributed by atoms with van der Waals surface area (Å²) >= 11 is 0. The van der Waals surface area contributed by atoms with E-state index < -0.39 is 49.9 Å². The van der Waals surface area contributed by atoms with Gasteiger partial charge in [-0.1, -0.05) is 60.3 Å². The number of sulfonamides is 1. The van der Waals surface area contributed by atoms with Gasteiger partial charge in [-0.25, -0.2) is 8.42 Å². The maximum atomic E-state index is 15.2. The Bertz CT molecular complexity index is 1730. The molecule has 6 aliphatic carbocycles. The molecule has 0 radical (unpaired) electrons. The molecule has 6 atom stereocenters. The van der Waals surface area contributed by atoms with Gasteiger partial charge in [0.2, 0.25) is 27.7 Å². The van der Waals surface area contributed by atoms with E-state index in [1.165, 1.54) is 0 Å². The molecule has 6 saturated carbocycles. The molecule has 0 aromatic rings. The van der Waals surface area contributed by atoms with Crippen molar-refractivity contribution >= 4 is 39.3 Å². The van der Waals surface area contributed by atoms with E-state index in [0.717, 1.165) is 64.2 Å². The topological polar surface area (TPSA) is 147 Å². The van der Waals surface area contributed by atoms with Crippen molar-refractivity contribution in [2.24, 2.45) is 56.7 Å². The number of nitrogens with one attached hydrogen (secondary N) is 1. The smallest absolute Gasteiger partial charge is 0.240 e. The minimum atomic E-state index is -3.78. The van der Waals surface area contributed by atoms with E-state index >= 15 is 4.79 Å². The minimum Gasteiger partial charge on any atom is -0.378 e. The van der Waals surface area contributed by atoms with Crippen LogP contribution in [0.2, 0.25) is 0 Å². The Morgan fingerprint density at radius 1 is 0.821 bits per heavy atom. The number of amides is 3. The first-order valence-electron chi connectivity index (χ1n) is 22.1. The second-order valence-corrected chi connectivity index (χ2v) is 23.2. The SMILES string of the molecule is CC(C)(C)[C@H](CC(=O)C[C@H](C(=O)N1CCOCC1)C1CCCCC1)C(=O)N1C[C@]2(C[C@H]1C(=O)C[C@]1(C(=O)NS(=O)(=O)C3CC3)C[C@H]1C1CC1)C(C)(C)C21CCC1. The number of fused-ring (bicyclic) bond motifs is 1. The Labute approximate surface area is 334 Å². The average molecular weight is 798 g/mol. The predicted octanol–water partition coefficient (Wildman–Crippen LogP) is 5.83. The summed E-state index contributed by atoms with van der Waals surface area (Å²) in [6, 6.07) is -0.732. The molecule has 1 N–H and O–H groups in total. The van der Waals surface area contributed by atoms with Crippen molar-refractivity contribution in [3.63, 3.8) is 0 Å². The summed E-state index contributed by atoms with van der Waals surface area (Å²) in [6.07, 6.45) is 12.5. The fourth-order valence-electron chi connectivity index (χ4n) is 12.8. The fraction of sp³-hybridized carbons (Fsp3) is 0.886. The number of nitrogens with zero attached hydrogens (tertiary/aromatic N) is 2. The highest BCUT2D eigenvalue weighted by Gasteiger charge is 2.85. The molecule has 8 fully saturated rings. The zero-order chi connectivity index (χ0) is 40.1. The van der Waals surface area contributed by atoms with Gasteiger partial charge in [0, 0.05) is 56.1 Å². The molecule has 2 spiro atoms. The molecular formula is C44H67N3O8S. The Morgan fingerprint density at radius 2 is 1.48 bits per heavy atom. The van der Waals surface area contributed by atoms with Crippen molar-refractivity contribution in [3.8, 4) is 0 Å². The quantitative estimate of drug-likeness (QED) is 0.231. The number of hydrogen-bond acceptors (Lipinski definition) is 8. The maximum Gasteiger partial charge on any atom is 0.240 e. The van der Waals surface area contributed by atoms with Gasteiger partial charge in [-0.3, -0.25) is 28.7 Å². The number of morpholine rings is 1. The largest absolute Gasteiger partial charge is 0.378 e. The predicted molar refractivity (Wildman–Crippen MR) is 210 cm³/mol. The number of carbonyl (C=O) groups is 5. The van der Waals surface area contributed by atoms with Crippen molar-refractivity contribution in [3.05, 3.63) is 0 Å². The third-order valence-electron chi connectivity index (χ3n) is 17.0. The van der Waals surface area contributed by atoms with Crippen LogP contribution in [0.3, 0.4) is 0 Å². The normalized spacial score (nSPS) is 33.4. The fourth-order valence-corrected chi connectivity index (χ4v) is 14.1. The highest BCUT2D eigenvalue weighted by molar-refractivity contribution is 7.90. The van der Waals surface area contributed by atoms with Gasteiger partial charge in [0.25, 0.3) is 0 Å². The number of hydrogen-bond donors (Lipinski definition) is 1. The number of likely N-dealkylation sites (tertiary alicyclic amines) is 1. The van der Waals surface area contributed by atoms with E-state index in [9.17, 15) is 27.6 Å². The van der Waals surface area contributed by atoms with E-state index in [4.69, 9.17) is 4.74 Å². The molecule has 12 heteroatoms. The number of carbonyl (C=O) groups excluding carboxylic acids is 5. The molecule has 56 heavy (non-hydrogen) atoms.